The molecule has 5 atom stereocenters. The number of nitrogens with zero attached hydrogens (tertiary/aromatic N) is 4. The molecule has 5 unspecified atom stereocenters. The molecule has 11 nitrogen and oxygen atoms in total. The first-order valence-corrected chi connectivity index (χ1v) is 7.88. The molecule has 0 bridgehead atoms. The number of aliphatic hydroxyl groups is 1. The maximum Gasteiger partial charge on any atom is 0.473 e. The fourth-order valence-corrected chi connectivity index (χ4v) is 3.85. The van der Waals surface area contributed by atoms with Gasteiger partial charge in [-0.25, -0.2) is 19.5 Å². The van der Waals surface area contributed by atoms with Gasteiger partial charge in [-0.1, -0.05) is 0 Å². The number of aliphatic hydroxyl groups excluding tert-OH is 1. The number of hydrogen-bond acceptors (Lipinski definition) is 9. The van der Waals surface area contributed by atoms with E-state index >= 15 is 0 Å². The van der Waals surface area contributed by atoms with Gasteiger partial charge in [0.15, 0.2) is 17.7 Å². The van der Waals surface area contributed by atoms with E-state index in [0.717, 1.165) is 0 Å². The third-order valence-corrected chi connectivity index (χ3v) is 4.66. The van der Waals surface area contributed by atoms with Crippen LogP contribution in [0.3, 0.4) is 0 Å². The quantitative estimate of drug-likeness (QED) is 0.595. The summed E-state index contributed by atoms with van der Waals surface area (Å²) in [6.07, 6.45) is -0.668. The van der Waals surface area contributed by atoms with Crippen LogP contribution in [0.15, 0.2) is 12.7 Å². The van der Waals surface area contributed by atoms with E-state index in [1.807, 2.05) is 0 Å². The molecule has 4 rings (SSSR count). The predicted molar refractivity (Wildman–Crippen MR) is 70.3 cm³/mol. The number of anilines is 1. The lowest BCUT2D eigenvalue weighted by atomic mass is 10.1. The normalized spacial score (nSPS) is 37.7. The van der Waals surface area contributed by atoms with Crippen molar-refractivity contribution < 1.29 is 28.3 Å². The third kappa shape index (κ3) is 1.95. The number of imidazole rings is 1. The summed E-state index contributed by atoms with van der Waals surface area (Å²) in [4.78, 5) is 21.5. The van der Waals surface area contributed by atoms with Gasteiger partial charge < -0.3 is 20.5 Å². The van der Waals surface area contributed by atoms with Crippen LogP contribution in [-0.2, 0) is 18.3 Å². The second-order valence-electron chi connectivity index (χ2n) is 4.94. The highest BCUT2D eigenvalue weighted by atomic mass is 31.2. The van der Waals surface area contributed by atoms with Crippen LogP contribution in [0.2, 0.25) is 0 Å². The van der Waals surface area contributed by atoms with Crippen molar-refractivity contribution in [1.82, 2.24) is 19.5 Å². The van der Waals surface area contributed by atoms with Gasteiger partial charge in [0.1, 0.15) is 30.2 Å². The van der Waals surface area contributed by atoms with Crippen LogP contribution in [-0.4, -0.2) is 54.4 Å². The van der Waals surface area contributed by atoms with Gasteiger partial charge in [-0.15, -0.1) is 0 Å². The molecule has 2 fully saturated rings. The Morgan fingerprint density at radius 2 is 2.09 bits per heavy atom. The first kappa shape index (κ1) is 14.0. The molecule has 4 N–H and O–H groups in total. The van der Waals surface area contributed by atoms with Crippen molar-refractivity contribution >= 4 is 24.8 Å². The molecule has 2 saturated heterocycles. The van der Waals surface area contributed by atoms with Gasteiger partial charge in [-0.3, -0.25) is 13.6 Å². The van der Waals surface area contributed by atoms with Crippen molar-refractivity contribution in [3.05, 3.63) is 12.7 Å². The van der Waals surface area contributed by atoms with Gasteiger partial charge in [0.05, 0.1) is 12.9 Å². The minimum atomic E-state index is -4.16. The second-order valence-corrected chi connectivity index (χ2v) is 6.30. The molecule has 118 valence electrons. The van der Waals surface area contributed by atoms with Crippen LogP contribution in [0.5, 0.6) is 0 Å². The molecule has 12 heteroatoms. The molecular formula is C10H12N5O6P. The Bertz CT molecular complexity index is 782. The molecular weight excluding hydrogens is 317 g/mol. The highest BCUT2D eigenvalue weighted by Crippen LogP contribution is 2.58. The molecule has 0 radical (unpaired) electrons. The number of phosphoric acid groups is 1. The van der Waals surface area contributed by atoms with Crippen LogP contribution in [0.4, 0.5) is 5.82 Å². The van der Waals surface area contributed by atoms with Crippen LogP contribution < -0.4 is 5.73 Å². The standard InChI is InChI=1S/C10H12N5O6P/c11-8-5-9(13-2-12-8)15(3-14-5)10-7-6(4(1-16)19-10)20-22(17,18)21-7/h2-4,6-7,10,16H,1H2,(H,17,18)(H2,11,12,13). The van der Waals surface area contributed by atoms with Gasteiger partial charge in [-0.05, 0) is 0 Å². The summed E-state index contributed by atoms with van der Waals surface area (Å²) in [5.41, 5.74) is 6.49. The number of ether oxygens (including phenoxy) is 1. The molecule has 2 aliphatic heterocycles. The average molecular weight is 329 g/mol. The Morgan fingerprint density at radius 3 is 2.86 bits per heavy atom. The zero-order valence-electron chi connectivity index (χ0n) is 11.0. The largest absolute Gasteiger partial charge is 0.473 e. The van der Waals surface area contributed by atoms with Gasteiger partial charge in [-0.2, -0.15) is 0 Å². The Morgan fingerprint density at radius 1 is 1.32 bits per heavy atom. The van der Waals surface area contributed by atoms with Gasteiger partial charge in [0.2, 0.25) is 0 Å². The number of rotatable bonds is 2. The summed E-state index contributed by atoms with van der Waals surface area (Å²) in [5.74, 6) is 0.202. The van der Waals surface area contributed by atoms with Gasteiger partial charge in [0, 0.05) is 0 Å². The Balaban J connectivity index is 1.78. The molecule has 4 heterocycles. The molecule has 0 aliphatic carbocycles. The predicted octanol–water partition coefficient (Wildman–Crippen LogP) is -0.817. The summed E-state index contributed by atoms with van der Waals surface area (Å²) < 4.78 is 28.8. The fourth-order valence-electron chi connectivity index (χ4n) is 2.71. The summed E-state index contributed by atoms with van der Waals surface area (Å²) in [6.45, 7) is -0.384. The molecule has 2 aliphatic rings. The molecule has 0 saturated carbocycles. The third-order valence-electron chi connectivity index (χ3n) is 3.64. The van der Waals surface area contributed by atoms with Crippen molar-refractivity contribution in [3.63, 3.8) is 0 Å². The van der Waals surface area contributed by atoms with E-state index in [9.17, 15) is 14.6 Å². The van der Waals surface area contributed by atoms with Crippen LogP contribution >= 0.6 is 7.82 Å². The van der Waals surface area contributed by atoms with E-state index in [2.05, 4.69) is 15.0 Å². The summed E-state index contributed by atoms with van der Waals surface area (Å²) in [5, 5.41) is 9.35. The zero-order chi connectivity index (χ0) is 15.5. The molecule has 22 heavy (non-hydrogen) atoms. The lowest BCUT2D eigenvalue weighted by Crippen LogP contribution is -2.30. The van der Waals surface area contributed by atoms with Gasteiger partial charge >= 0.3 is 7.82 Å². The van der Waals surface area contributed by atoms with Gasteiger partial charge in [0.25, 0.3) is 0 Å². The number of nitrogen functional groups attached to an aromatic ring is 1. The monoisotopic (exact) mass is 329 g/mol. The first-order valence-electron chi connectivity index (χ1n) is 6.39. The SMILES string of the molecule is Nc1ncnc2c1ncn2C1OC(CO)C2OP(=O)(O)OC21. The Labute approximate surface area is 123 Å². The van der Waals surface area contributed by atoms with E-state index in [0.29, 0.717) is 11.2 Å². The van der Waals surface area contributed by atoms with E-state index in [1.165, 1.54) is 17.2 Å². The summed E-state index contributed by atoms with van der Waals surface area (Å²) in [6, 6.07) is 0. The average Bonchev–Trinajstić information content (AvgIpc) is 3.10. The molecule has 2 aromatic rings. The Hall–Kier alpha value is -1.62. The number of phosphoric ester groups is 1. The maximum absolute atomic E-state index is 11.6. The Kier molecular flexibility index (Phi) is 2.98. The van der Waals surface area contributed by atoms with Crippen molar-refractivity contribution in [2.75, 3.05) is 12.3 Å². The number of nitrogens with two attached hydrogens (primary N) is 1. The van der Waals surface area contributed by atoms with Crippen LogP contribution in [0.25, 0.3) is 11.2 Å². The summed E-state index contributed by atoms with van der Waals surface area (Å²) in [7, 11) is -4.16. The van der Waals surface area contributed by atoms with E-state index < -0.39 is 32.4 Å². The second kappa shape index (κ2) is 4.69. The highest BCUT2D eigenvalue weighted by Gasteiger charge is 2.57. The lowest BCUT2D eigenvalue weighted by Gasteiger charge is -2.18. The van der Waals surface area contributed by atoms with E-state index in [1.54, 1.807) is 0 Å². The highest BCUT2D eigenvalue weighted by molar-refractivity contribution is 7.47. The molecule has 0 spiro atoms. The minimum Gasteiger partial charge on any atom is -0.394 e. The van der Waals surface area contributed by atoms with Crippen LogP contribution in [0, 0.1) is 0 Å². The molecule has 0 aromatic carbocycles. The number of hydrogen-bond donors (Lipinski definition) is 3. The van der Waals surface area contributed by atoms with Crippen molar-refractivity contribution in [1.29, 1.82) is 0 Å². The number of aromatic nitrogens is 4. The smallest absolute Gasteiger partial charge is 0.394 e. The van der Waals surface area contributed by atoms with Crippen molar-refractivity contribution in [2.45, 2.75) is 24.5 Å². The van der Waals surface area contributed by atoms with E-state index in [4.69, 9.17) is 19.5 Å². The summed E-state index contributed by atoms with van der Waals surface area (Å²) >= 11 is 0. The van der Waals surface area contributed by atoms with Crippen molar-refractivity contribution in [2.24, 2.45) is 0 Å². The maximum atomic E-state index is 11.6. The molecule has 0 amide bonds. The lowest BCUT2D eigenvalue weighted by molar-refractivity contribution is -0.0589. The molecule has 2 aromatic heterocycles. The number of fused-ring (bicyclic) bond motifs is 2. The zero-order valence-corrected chi connectivity index (χ0v) is 11.9. The topological polar surface area (TPSA) is 155 Å². The fraction of sp³-hybridized carbons (Fsp3) is 0.500. The van der Waals surface area contributed by atoms with Crippen molar-refractivity contribution in [3.8, 4) is 0 Å². The van der Waals surface area contributed by atoms with Crippen LogP contribution in [0.1, 0.15) is 6.23 Å². The van der Waals surface area contributed by atoms with E-state index in [-0.39, 0.29) is 12.4 Å². The minimum absolute atomic E-state index is 0.202. The first-order chi connectivity index (χ1) is 10.5.